The van der Waals surface area contributed by atoms with Crippen molar-refractivity contribution in [2.45, 2.75) is 44.4 Å². The molecule has 0 fully saturated rings. The number of nitrogens with zero attached hydrogens (tertiary/aromatic N) is 2. The van der Waals surface area contributed by atoms with Crippen molar-refractivity contribution in [3.05, 3.63) is 100 Å². The van der Waals surface area contributed by atoms with Crippen LogP contribution < -0.4 is 16.2 Å². The minimum Gasteiger partial charge on any atom is -0.352 e. The molecule has 0 aliphatic carbocycles. The van der Waals surface area contributed by atoms with Crippen LogP contribution in [0.5, 0.6) is 0 Å². The number of hydrogen-bond donors (Lipinski definition) is 2. The van der Waals surface area contributed by atoms with Gasteiger partial charge in [-0.3, -0.25) is 19.0 Å². The van der Waals surface area contributed by atoms with E-state index >= 15 is 0 Å². The van der Waals surface area contributed by atoms with Crippen molar-refractivity contribution in [3.63, 3.8) is 0 Å². The highest BCUT2D eigenvalue weighted by molar-refractivity contribution is 7.99. The van der Waals surface area contributed by atoms with Crippen molar-refractivity contribution >= 4 is 40.2 Å². The van der Waals surface area contributed by atoms with Gasteiger partial charge in [-0.1, -0.05) is 73.3 Å². The van der Waals surface area contributed by atoms with Gasteiger partial charge < -0.3 is 10.6 Å². The lowest BCUT2D eigenvalue weighted by atomic mass is 10.1. The van der Waals surface area contributed by atoms with Gasteiger partial charge in [-0.25, -0.2) is 4.98 Å². The van der Waals surface area contributed by atoms with Gasteiger partial charge in [-0.2, -0.15) is 0 Å². The largest absolute Gasteiger partial charge is 0.352 e. The topological polar surface area (TPSA) is 93.1 Å². The molecule has 2 N–H and O–H groups in total. The Morgan fingerprint density at radius 3 is 2.38 bits per heavy atom. The van der Waals surface area contributed by atoms with Gasteiger partial charge in [0, 0.05) is 25.2 Å². The van der Waals surface area contributed by atoms with Crippen molar-refractivity contribution in [2.24, 2.45) is 0 Å². The maximum atomic E-state index is 13.2. The number of carbonyl (C=O) groups is 2. The number of fused-ring (bicyclic) bond motifs is 1. The van der Waals surface area contributed by atoms with E-state index in [1.54, 1.807) is 22.8 Å². The Morgan fingerprint density at radius 2 is 1.62 bits per heavy atom. The smallest absolute Gasteiger partial charge is 0.262 e. The van der Waals surface area contributed by atoms with Crippen LogP contribution in [0.4, 0.5) is 5.69 Å². The Morgan fingerprint density at radius 1 is 0.892 bits per heavy atom. The highest BCUT2D eigenvalue weighted by Gasteiger charge is 2.14. The number of rotatable bonds is 11. The normalized spacial score (nSPS) is 10.8. The average molecular weight is 515 g/mol. The Bertz CT molecular complexity index is 1420. The molecule has 0 aliphatic heterocycles. The quantitative estimate of drug-likeness (QED) is 0.222. The number of benzene rings is 3. The minimum absolute atomic E-state index is 0.0756. The average Bonchev–Trinajstić information content (AvgIpc) is 2.93. The highest BCUT2D eigenvalue weighted by atomic mass is 32.2. The summed E-state index contributed by atoms with van der Waals surface area (Å²) >= 11 is 1.22. The fraction of sp³-hybridized carbons (Fsp3) is 0.241. The van der Waals surface area contributed by atoms with Gasteiger partial charge in [0.05, 0.1) is 16.7 Å². The number of aryl methyl sites for hydroxylation is 1. The molecule has 4 aromatic rings. The first kappa shape index (κ1) is 26.2. The van der Waals surface area contributed by atoms with Gasteiger partial charge in [0.15, 0.2) is 5.16 Å². The van der Waals surface area contributed by atoms with E-state index in [-0.39, 0.29) is 29.5 Å². The van der Waals surface area contributed by atoms with Gasteiger partial charge in [-0.15, -0.1) is 0 Å². The van der Waals surface area contributed by atoms with Crippen LogP contribution in [-0.2, 0) is 29.1 Å². The number of thioether (sulfide) groups is 1. The Labute approximate surface area is 220 Å². The summed E-state index contributed by atoms with van der Waals surface area (Å²) in [7, 11) is 0. The summed E-state index contributed by atoms with van der Waals surface area (Å²) in [4.78, 5) is 42.8. The molecule has 4 rings (SSSR count). The second-order valence-corrected chi connectivity index (χ2v) is 9.56. The number of aromatic nitrogens is 2. The van der Waals surface area contributed by atoms with E-state index < -0.39 is 0 Å². The van der Waals surface area contributed by atoms with E-state index in [1.165, 1.54) is 17.3 Å². The van der Waals surface area contributed by atoms with Gasteiger partial charge in [0.25, 0.3) is 5.56 Å². The molecule has 2 amide bonds. The standard InChI is InChI=1S/C29H30N4O3S/c1-2-21-14-16-23(17-15-21)31-27(35)20-37-29-32-25-12-7-6-11-24(25)28(36)33(29)18-8-13-26(34)30-19-22-9-4-3-5-10-22/h3-7,9-12,14-17H,2,8,13,18-20H2,1H3,(H,30,34)(H,31,35). The molecular weight excluding hydrogens is 484 g/mol. The van der Waals surface area contributed by atoms with Crippen LogP contribution in [-0.4, -0.2) is 27.1 Å². The molecule has 0 radical (unpaired) electrons. The zero-order valence-electron chi connectivity index (χ0n) is 20.8. The van der Waals surface area contributed by atoms with Gasteiger partial charge in [-0.05, 0) is 48.2 Å². The summed E-state index contributed by atoms with van der Waals surface area (Å²) in [6.07, 6.45) is 1.69. The SMILES string of the molecule is CCc1ccc(NC(=O)CSc2nc3ccccc3c(=O)n2CCCC(=O)NCc2ccccc2)cc1. The lowest BCUT2D eigenvalue weighted by molar-refractivity contribution is -0.121. The number of amides is 2. The third kappa shape index (κ3) is 7.30. The monoisotopic (exact) mass is 514 g/mol. The third-order valence-corrected chi connectivity index (χ3v) is 6.90. The van der Waals surface area contributed by atoms with Crippen LogP contribution in [0.15, 0.2) is 88.8 Å². The van der Waals surface area contributed by atoms with Crippen molar-refractivity contribution in [1.29, 1.82) is 0 Å². The van der Waals surface area contributed by atoms with Crippen molar-refractivity contribution in [2.75, 3.05) is 11.1 Å². The van der Waals surface area contributed by atoms with Gasteiger partial charge in [0.2, 0.25) is 11.8 Å². The first-order valence-corrected chi connectivity index (χ1v) is 13.3. The van der Waals surface area contributed by atoms with Crippen LogP contribution in [0.1, 0.15) is 30.9 Å². The molecule has 1 heterocycles. The zero-order valence-corrected chi connectivity index (χ0v) is 21.6. The molecule has 8 heteroatoms. The third-order valence-electron chi connectivity index (χ3n) is 5.92. The molecule has 37 heavy (non-hydrogen) atoms. The van der Waals surface area contributed by atoms with Crippen molar-refractivity contribution in [3.8, 4) is 0 Å². The molecule has 0 saturated carbocycles. The lowest BCUT2D eigenvalue weighted by Gasteiger charge is -2.13. The lowest BCUT2D eigenvalue weighted by Crippen LogP contribution is -2.26. The van der Waals surface area contributed by atoms with Crippen LogP contribution >= 0.6 is 11.8 Å². The molecule has 0 unspecified atom stereocenters. The first-order valence-electron chi connectivity index (χ1n) is 12.4. The minimum atomic E-state index is -0.177. The van der Waals surface area contributed by atoms with E-state index in [0.29, 0.717) is 35.6 Å². The summed E-state index contributed by atoms with van der Waals surface area (Å²) in [5.74, 6) is -0.144. The second-order valence-electron chi connectivity index (χ2n) is 8.62. The van der Waals surface area contributed by atoms with Gasteiger partial charge in [0.1, 0.15) is 0 Å². The van der Waals surface area contributed by atoms with E-state index in [9.17, 15) is 14.4 Å². The molecule has 3 aromatic carbocycles. The Kier molecular flexibility index (Phi) is 9.10. The molecule has 0 bridgehead atoms. The van der Waals surface area contributed by atoms with Crippen molar-refractivity contribution < 1.29 is 9.59 Å². The molecule has 0 saturated heterocycles. The van der Waals surface area contributed by atoms with E-state index in [2.05, 4.69) is 22.5 Å². The maximum Gasteiger partial charge on any atom is 0.262 e. The molecule has 1 aromatic heterocycles. The molecule has 190 valence electrons. The summed E-state index contributed by atoms with van der Waals surface area (Å²) in [6.45, 7) is 2.88. The van der Waals surface area contributed by atoms with Crippen LogP contribution in [0.2, 0.25) is 0 Å². The molecule has 0 spiro atoms. The van der Waals surface area contributed by atoms with E-state index in [0.717, 1.165) is 17.7 Å². The first-order chi connectivity index (χ1) is 18.0. The molecular formula is C29H30N4O3S. The Balaban J connectivity index is 1.40. The highest BCUT2D eigenvalue weighted by Crippen LogP contribution is 2.19. The van der Waals surface area contributed by atoms with Crippen LogP contribution in [0, 0.1) is 0 Å². The summed E-state index contributed by atoms with van der Waals surface area (Å²) < 4.78 is 1.57. The fourth-order valence-electron chi connectivity index (χ4n) is 3.89. The van der Waals surface area contributed by atoms with Crippen LogP contribution in [0.25, 0.3) is 10.9 Å². The number of nitrogens with one attached hydrogen (secondary N) is 2. The zero-order chi connectivity index (χ0) is 26.0. The number of hydrogen-bond acceptors (Lipinski definition) is 5. The van der Waals surface area contributed by atoms with Gasteiger partial charge >= 0.3 is 0 Å². The fourth-order valence-corrected chi connectivity index (χ4v) is 4.71. The predicted octanol–water partition coefficient (Wildman–Crippen LogP) is 4.79. The van der Waals surface area contributed by atoms with Crippen LogP contribution in [0.3, 0.4) is 0 Å². The molecule has 0 aliphatic rings. The summed E-state index contributed by atoms with van der Waals surface area (Å²) in [5, 5.41) is 6.78. The predicted molar refractivity (Wildman–Crippen MR) is 149 cm³/mol. The van der Waals surface area contributed by atoms with E-state index in [1.807, 2.05) is 60.7 Å². The maximum absolute atomic E-state index is 13.2. The van der Waals surface area contributed by atoms with Crippen molar-refractivity contribution in [1.82, 2.24) is 14.9 Å². The molecule has 0 atom stereocenters. The second kappa shape index (κ2) is 12.9. The summed E-state index contributed by atoms with van der Waals surface area (Å²) in [6, 6.07) is 24.6. The molecule has 7 nitrogen and oxygen atoms in total. The van der Waals surface area contributed by atoms with E-state index in [4.69, 9.17) is 0 Å². The number of anilines is 1. The Hall–Kier alpha value is -3.91. The number of carbonyl (C=O) groups excluding carboxylic acids is 2. The summed E-state index contributed by atoms with van der Waals surface area (Å²) in [5.41, 5.74) is 3.37. The number of para-hydroxylation sites is 1.